The number of benzene rings is 1. The van der Waals surface area contributed by atoms with Gasteiger partial charge >= 0.3 is 5.97 Å². The van der Waals surface area contributed by atoms with Gasteiger partial charge in [0.15, 0.2) is 0 Å². The molecule has 0 heterocycles. The lowest BCUT2D eigenvalue weighted by Crippen LogP contribution is -2.42. The van der Waals surface area contributed by atoms with Gasteiger partial charge in [-0.15, -0.1) is 0 Å². The third-order valence-corrected chi connectivity index (χ3v) is 4.74. The molecule has 0 saturated heterocycles. The average molecular weight is 285 g/mol. The number of carboxylic acid groups (broad SMARTS) is 1. The van der Waals surface area contributed by atoms with Crippen LogP contribution in [0.1, 0.15) is 43.1 Å². The number of aromatic carboxylic acids is 1. The number of rotatable bonds is 5. The SMILES string of the molecule is CCC(C)(C)NS(=O)(=O)c1ccc(C)c(C(=O)O)c1. The van der Waals surface area contributed by atoms with Crippen LogP contribution in [-0.4, -0.2) is 25.0 Å². The van der Waals surface area contributed by atoms with Crippen molar-refractivity contribution in [3.63, 3.8) is 0 Å². The van der Waals surface area contributed by atoms with Gasteiger partial charge in [-0.1, -0.05) is 13.0 Å². The predicted octanol–water partition coefficient (Wildman–Crippen LogP) is 2.16. The zero-order chi connectivity index (χ0) is 14.8. The second-order valence-corrected chi connectivity index (χ2v) is 6.81. The van der Waals surface area contributed by atoms with Crippen molar-refractivity contribution in [1.29, 1.82) is 0 Å². The lowest BCUT2D eigenvalue weighted by molar-refractivity contribution is 0.0696. The third kappa shape index (κ3) is 3.78. The van der Waals surface area contributed by atoms with Crippen molar-refractivity contribution in [2.24, 2.45) is 0 Å². The zero-order valence-electron chi connectivity index (χ0n) is 11.5. The van der Waals surface area contributed by atoms with E-state index in [4.69, 9.17) is 5.11 Å². The largest absolute Gasteiger partial charge is 0.478 e. The molecular formula is C13H19NO4S. The van der Waals surface area contributed by atoms with Crippen molar-refractivity contribution in [2.75, 3.05) is 0 Å². The first-order chi connectivity index (χ1) is 8.59. The molecule has 19 heavy (non-hydrogen) atoms. The van der Waals surface area contributed by atoms with E-state index in [-0.39, 0.29) is 10.5 Å². The first-order valence-electron chi connectivity index (χ1n) is 5.97. The lowest BCUT2D eigenvalue weighted by Gasteiger charge is -2.24. The smallest absolute Gasteiger partial charge is 0.335 e. The van der Waals surface area contributed by atoms with Crippen molar-refractivity contribution >= 4 is 16.0 Å². The molecule has 0 radical (unpaired) electrons. The normalized spacial score (nSPS) is 12.4. The summed E-state index contributed by atoms with van der Waals surface area (Å²) in [6, 6.07) is 4.10. The van der Waals surface area contributed by atoms with Crippen molar-refractivity contribution in [3.05, 3.63) is 29.3 Å². The molecule has 0 aromatic heterocycles. The Balaban J connectivity index is 3.23. The number of nitrogens with one attached hydrogen (secondary N) is 1. The molecule has 0 unspecified atom stereocenters. The Hall–Kier alpha value is -1.40. The second-order valence-electron chi connectivity index (χ2n) is 5.12. The molecule has 0 saturated carbocycles. The van der Waals surface area contributed by atoms with Gasteiger partial charge in [-0.25, -0.2) is 17.9 Å². The second kappa shape index (κ2) is 5.30. The Morgan fingerprint density at radius 2 is 1.95 bits per heavy atom. The van der Waals surface area contributed by atoms with Crippen LogP contribution in [0.2, 0.25) is 0 Å². The Labute approximate surface area is 113 Å². The first-order valence-corrected chi connectivity index (χ1v) is 7.45. The fourth-order valence-electron chi connectivity index (χ4n) is 1.49. The molecule has 6 heteroatoms. The summed E-state index contributed by atoms with van der Waals surface area (Å²) in [5, 5.41) is 9.02. The summed E-state index contributed by atoms with van der Waals surface area (Å²) >= 11 is 0. The average Bonchev–Trinajstić information content (AvgIpc) is 2.27. The van der Waals surface area contributed by atoms with E-state index in [1.807, 2.05) is 6.92 Å². The van der Waals surface area contributed by atoms with Crippen molar-refractivity contribution in [1.82, 2.24) is 4.72 Å². The number of hydrogen-bond donors (Lipinski definition) is 2. The van der Waals surface area contributed by atoms with Crippen LogP contribution in [0.3, 0.4) is 0 Å². The highest BCUT2D eigenvalue weighted by atomic mass is 32.2. The molecule has 5 nitrogen and oxygen atoms in total. The van der Waals surface area contributed by atoms with Crippen LogP contribution in [0, 0.1) is 6.92 Å². The van der Waals surface area contributed by atoms with Gasteiger partial charge in [0.1, 0.15) is 0 Å². The number of carboxylic acids is 1. The summed E-state index contributed by atoms with van der Waals surface area (Å²) in [6.07, 6.45) is 0.629. The summed E-state index contributed by atoms with van der Waals surface area (Å²) in [5.41, 5.74) is -0.0500. The molecule has 0 aliphatic rings. The van der Waals surface area contributed by atoms with Crippen LogP contribution in [-0.2, 0) is 10.0 Å². The zero-order valence-corrected chi connectivity index (χ0v) is 12.3. The van der Waals surface area contributed by atoms with E-state index >= 15 is 0 Å². The summed E-state index contributed by atoms with van der Waals surface area (Å²) in [6.45, 7) is 7.05. The Bertz CT molecular complexity index is 591. The van der Waals surface area contributed by atoms with Gasteiger partial charge in [0.25, 0.3) is 0 Å². The van der Waals surface area contributed by atoms with Crippen LogP contribution in [0.15, 0.2) is 23.1 Å². The van der Waals surface area contributed by atoms with Crippen LogP contribution in [0.5, 0.6) is 0 Å². The lowest BCUT2D eigenvalue weighted by atomic mass is 10.0. The van der Waals surface area contributed by atoms with Crippen LogP contribution in [0.4, 0.5) is 0 Å². The maximum atomic E-state index is 12.2. The van der Waals surface area contributed by atoms with Crippen LogP contribution in [0.25, 0.3) is 0 Å². The topological polar surface area (TPSA) is 83.5 Å². The first kappa shape index (κ1) is 15.7. The molecule has 1 rings (SSSR count). The molecule has 0 bridgehead atoms. The van der Waals surface area contributed by atoms with Crippen LogP contribution >= 0.6 is 0 Å². The van der Waals surface area contributed by atoms with Gasteiger partial charge in [0, 0.05) is 5.54 Å². The molecule has 0 fully saturated rings. The summed E-state index contributed by atoms with van der Waals surface area (Å²) in [5.74, 6) is -1.13. The van der Waals surface area contributed by atoms with Gasteiger partial charge in [-0.3, -0.25) is 0 Å². The molecule has 0 aliphatic carbocycles. The van der Waals surface area contributed by atoms with E-state index in [0.29, 0.717) is 12.0 Å². The minimum absolute atomic E-state index is 0.00261. The number of aryl methyl sites for hydroxylation is 1. The minimum Gasteiger partial charge on any atom is -0.478 e. The summed E-state index contributed by atoms with van der Waals surface area (Å²) < 4.78 is 26.9. The quantitative estimate of drug-likeness (QED) is 0.868. The highest BCUT2D eigenvalue weighted by Crippen LogP contribution is 2.18. The van der Waals surface area contributed by atoms with Crippen molar-refractivity contribution in [3.8, 4) is 0 Å². The molecule has 0 spiro atoms. The van der Waals surface area contributed by atoms with Gasteiger partial charge in [0.05, 0.1) is 10.5 Å². The van der Waals surface area contributed by atoms with E-state index in [2.05, 4.69) is 4.72 Å². The molecule has 2 N–H and O–H groups in total. The molecule has 0 atom stereocenters. The van der Waals surface area contributed by atoms with Crippen LogP contribution < -0.4 is 4.72 Å². The number of hydrogen-bond acceptors (Lipinski definition) is 3. The number of sulfonamides is 1. The van der Waals surface area contributed by atoms with E-state index in [9.17, 15) is 13.2 Å². The molecule has 0 amide bonds. The predicted molar refractivity (Wildman–Crippen MR) is 72.8 cm³/mol. The molecule has 0 aliphatic heterocycles. The maximum absolute atomic E-state index is 12.2. The van der Waals surface area contributed by atoms with Gasteiger partial charge in [-0.05, 0) is 44.9 Å². The van der Waals surface area contributed by atoms with Crippen molar-refractivity contribution < 1.29 is 18.3 Å². The summed E-state index contributed by atoms with van der Waals surface area (Å²) in [7, 11) is -3.72. The van der Waals surface area contributed by atoms with Crippen molar-refractivity contribution in [2.45, 2.75) is 44.6 Å². The standard InChI is InChI=1S/C13H19NO4S/c1-5-13(3,4)14-19(17,18)10-7-6-9(2)11(8-10)12(15)16/h6-8,14H,5H2,1-4H3,(H,15,16). The number of carbonyl (C=O) groups is 1. The Kier molecular flexibility index (Phi) is 4.37. The molecular weight excluding hydrogens is 266 g/mol. The molecule has 106 valence electrons. The van der Waals surface area contributed by atoms with E-state index in [1.54, 1.807) is 20.8 Å². The maximum Gasteiger partial charge on any atom is 0.335 e. The molecule has 1 aromatic rings. The van der Waals surface area contributed by atoms with E-state index < -0.39 is 21.5 Å². The fourth-order valence-corrected chi connectivity index (χ4v) is 3.00. The van der Waals surface area contributed by atoms with Gasteiger partial charge < -0.3 is 5.11 Å². The Morgan fingerprint density at radius 1 is 1.37 bits per heavy atom. The summed E-state index contributed by atoms with van der Waals surface area (Å²) in [4.78, 5) is 11.0. The highest BCUT2D eigenvalue weighted by Gasteiger charge is 2.25. The Morgan fingerprint density at radius 3 is 2.42 bits per heavy atom. The van der Waals surface area contributed by atoms with Gasteiger partial charge in [-0.2, -0.15) is 0 Å². The van der Waals surface area contributed by atoms with Gasteiger partial charge in [0.2, 0.25) is 10.0 Å². The van der Waals surface area contributed by atoms with E-state index in [0.717, 1.165) is 0 Å². The van der Waals surface area contributed by atoms with E-state index in [1.165, 1.54) is 18.2 Å². The minimum atomic E-state index is -3.72. The molecule has 1 aromatic carbocycles. The monoisotopic (exact) mass is 285 g/mol. The fraction of sp³-hybridized carbons (Fsp3) is 0.462. The third-order valence-electron chi connectivity index (χ3n) is 3.04. The highest BCUT2D eigenvalue weighted by molar-refractivity contribution is 7.89.